The maximum Gasteiger partial charge on any atom is 0.241 e. The number of rotatable bonds is 3. The van der Waals surface area contributed by atoms with E-state index in [1.165, 1.54) is 0 Å². The van der Waals surface area contributed by atoms with Crippen molar-refractivity contribution in [2.45, 2.75) is 10.8 Å². The second-order valence-electron chi connectivity index (χ2n) is 8.23. The van der Waals surface area contributed by atoms with E-state index in [4.69, 9.17) is 0 Å². The predicted molar refractivity (Wildman–Crippen MR) is 125 cm³/mol. The predicted octanol–water partition coefficient (Wildman–Crippen LogP) is 4.86. The molecule has 6 rings (SSSR count). The van der Waals surface area contributed by atoms with Crippen molar-refractivity contribution >= 4 is 23.2 Å². The van der Waals surface area contributed by atoms with Crippen LogP contribution in [0.5, 0.6) is 0 Å². The lowest BCUT2D eigenvalue weighted by atomic mass is 9.52. The SMILES string of the molecule is O=C1Nc2ccccc2C1(c1ccccc1)C1(c2ccccc2)C(=O)Nc2ccccc21. The molecule has 0 saturated carbocycles. The van der Waals surface area contributed by atoms with Crippen LogP contribution in [-0.4, -0.2) is 11.8 Å². The van der Waals surface area contributed by atoms with Gasteiger partial charge in [0.15, 0.2) is 0 Å². The Morgan fingerprint density at radius 3 is 1.19 bits per heavy atom. The van der Waals surface area contributed by atoms with E-state index < -0.39 is 10.8 Å². The molecule has 0 radical (unpaired) electrons. The van der Waals surface area contributed by atoms with E-state index in [-0.39, 0.29) is 11.8 Å². The average Bonchev–Trinajstić information content (AvgIpc) is 3.31. The molecule has 4 aromatic rings. The van der Waals surface area contributed by atoms with Crippen LogP contribution in [0.1, 0.15) is 22.3 Å². The van der Waals surface area contributed by atoms with Crippen LogP contribution in [0.3, 0.4) is 0 Å². The minimum absolute atomic E-state index is 0.208. The fraction of sp³-hybridized carbons (Fsp3) is 0.0714. The van der Waals surface area contributed by atoms with Crippen LogP contribution in [0.15, 0.2) is 109 Å². The van der Waals surface area contributed by atoms with Gasteiger partial charge in [-0.15, -0.1) is 0 Å². The molecule has 0 spiro atoms. The zero-order chi connectivity index (χ0) is 21.8. The van der Waals surface area contributed by atoms with Crippen molar-refractivity contribution in [1.82, 2.24) is 0 Å². The molecule has 0 fully saturated rings. The van der Waals surface area contributed by atoms with Gasteiger partial charge in [-0.3, -0.25) is 9.59 Å². The average molecular weight is 416 g/mol. The van der Waals surface area contributed by atoms with E-state index in [9.17, 15) is 9.59 Å². The van der Waals surface area contributed by atoms with E-state index in [0.29, 0.717) is 0 Å². The number of anilines is 2. The first-order valence-corrected chi connectivity index (χ1v) is 10.6. The summed E-state index contributed by atoms with van der Waals surface area (Å²) in [5, 5.41) is 6.18. The van der Waals surface area contributed by atoms with E-state index in [1.807, 2.05) is 109 Å². The molecule has 2 amide bonds. The molecule has 0 aromatic heterocycles. The minimum atomic E-state index is -1.29. The molecule has 0 bridgehead atoms. The lowest BCUT2D eigenvalue weighted by molar-refractivity contribution is -0.129. The standard InChI is InChI=1S/C28H20N2O2/c31-25-27(19-11-3-1-4-12-19,21-15-7-9-17-23(21)29-25)28(20-13-5-2-6-14-20)22-16-8-10-18-24(22)30-26(28)32/h1-18H,(H,29,31)(H,30,32). The molecule has 0 aliphatic carbocycles. The van der Waals surface area contributed by atoms with Crippen molar-refractivity contribution in [3.8, 4) is 0 Å². The molecule has 2 atom stereocenters. The Morgan fingerprint density at radius 2 is 0.781 bits per heavy atom. The van der Waals surface area contributed by atoms with Crippen LogP contribution in [0.2, 0.25) is 0 Å². The lowest BCUT2D eigenvalue weighted by Crippen LogP contribution is -2.58. The molecule has 2 unspecified atom stereocenters. The molecule has 4 aromatic carbocycles. The van der Waals surface area contributed by atoms with Crippen molar-refractivity contribution in [3.05, 3.63) is 131 Å². The summed E-state index contributed by atoms with van der Waals surface area (Å²) in [6.07, 6.45) is 0. The lowest BCUT2D eigenvalue weighted by Gasteiger charge is -2.44. The van der Waals surface area contributed by atoms with Gasteiger partial charge in [0.05, 0.1) is 0 Å². The van der Waals surface area contributed by atoms with E-state index in [1.54, 1.807) is 0 Å². The van der Waals surface area contributed by atoms with E-state index in [0.717, 1.165) is 33.6 Å². The second kappa shape index (κ2) is 6.66. The maximum absolute atomic E-state index is 14.2. The number of benzene rings is 4. The molecule has 4 heteroatoms. The number of carbonyl (C=O) groups is 2. The summed E-state index contributed by atoms with van der Waals surface area (Å²) in [4.78, 5) is 28.4. The zero-order valence-electron chi connectivity index (χ0n) is 17.2. The summed E-state index contributed by atoms with van der Waals surface area (Å²) < 4.78 is 0. The third-order valence-corrected chi connectivity index (χ3v) is 6.82. The molecular weight excluding hydrogens is 396 g/mol. The van der Waals surface area contributed by atoms with Crippen LogP contribution in [0.4, 0.5) is 11.4 Å². The fourth-order valence-corrected chi connectivity index (χ4v) is 5.64. The van der Waals surface area contributed by atoms with Crippen molar-refractivity contribution in [1.29, 1.82) is 0 Å². The van der Waals surface area contributed by atoms with Crippen molar-refractivity contribution in [2.24, 2.45) is 0 Å². The summed E-state index contributed by atoms with van der Waals surface area (Å²) in [6, 6.07) is 34.7. The first-order chi connectivity index (χ1) is 15.7. The Morgan fingerprint density at radius 1 is 0.438 bits per heavy atom. The molecular formula is C28H20N2O2. The highest BCUT2D eigenvalue weighted by atomic mass is 16.2. The van der Waals surface area contributed by atoms with Gasteiger partial charge in [0, 0.05) is 11.4 Å². The Hall–Kier alpha value is -4.18. The van der Waals surface area contributed by atoms with Gasteiger partial charge in [0.1, 0.15) is 10.8 Å². The van der Waals surface area contributed by atoms with Gasteiger partial charge in [-0.2, -0.15) is 0 Å². The third-order valence-electron chi connectivity index (χ3n) is 6.82. The number of fused-ring (bicyclic) bond motifs is 2. The van der Waals surface area contributed by atoms with Crippen molar-refractivity contribution in [2.75, 3.05) is 10.6 Å². The normalized spacial score (nSPS) is 23.2. The van der Waals surface area contributed by atoms with Gasteiger partial charge < -0.3 is 10.6 Å². The summed E-state index contributed by atoms with van der Waals surface area (Å²) in [7, 11) is 0. The Labute approximate surface area is 185 Å². The van der Waals surface area contributed by atoms with Crippen LogP contribution in [-0.2, 0) is 20.4 Å². The smallest absolute Gasteiger partial charge is 0.241 e. The van der Waals surface area contributed by atoms with Gasteiger partial charge in [0.2, 0.25) is 11.8 Å². The molecule has 32 heavy (non-hydrogen) atoms. The van der Waals surface area contributed by atoms with Crippen LogP contribution >= 0.6 is 0 Å². The van der Waals surface area contributed by atoms with Gasteiger partial charge in [-0.1, -0.05) is 97.1 Å². The molecule has 2 N–H and O–H groups in total. The van der Waals surface area contributed by atoms with Crippen LogP contribution < -0.4 is 10.6 Å². The van der Waals surface area contributed by atoms with Crippen LogP contribution in [0.25, 0.3) is 0 Å². The molecule has 0 saturated heterocycles. The number of carbonyl (C=O) groups excluding carboxylic acids is 2. The van der Waals surface area contributed by atoms with Crippen LogP contribution in [0, 0.1) is 0 Å². The summed E-state index contributed by atoms with van der Waals surface area (Å²) >= 11 is 0. The highest BCUT2D eigenvalue weighted by molar-refractivity contribution is 6.20. The Balaban J connectivity index is 1.85. The number of nitrogens with one attached hydrogen (secondary N) is 2. The van der Waals surface area contributed by atoms with E-state index >= 15 is 0 Å². The summed E-state index contributed by atoms with van der Waals surface area (Å²) in [5.74, 6) is -0.416. The van der Waals surface area contributed by atoms with Crippen molar-refractivity contribution in [3.63, 3.8) is 0 Å². The summed E-state index contributed by atoms with van der Waals surface area (Å²) in [5.41, 5.74) is 2.03. The Kier molecular flexibility index (Phi) is 3.87. The highest BCUT2D eigenvalue weighted by Gasteiger charge is 2.69. The van der Waals surface area contributed by atoms with Gasteiger partial charge in [0.25, 0.3) is 0 Å². The molecule has 2 aliphatic rings. The quantitative estimate of drug-likeness (QED) is 0.501. The van der Waals surface area contributed by atoms with E-state index in [2.05, 4.69) is 10.6 Å². The topological polar surface area (TPSA) is 58.2 Å². The third kappa shape index (κ3) is 2.11. The second-order valence-corrected chi connectivity index (χ2v) is 8.23. The number of hydrogen-bond donors (Lipinski definition) is 2. The number of para-hydroxylation sites is 2. The molecule has 4 nitrogen and oxygen atoms in total. The Bertz CT molecular complexity index is 1260. The maximum atomic E-state index is 14.2. The monoisotopic (exact) mass is 416 g/mol. The first kappa shape index (κ1) is 18.6. The number of hydrogen-bond acceptors (Lipinski definition) is 2. The zero-order valence-corrected chi connectivity index (χ0v) is 17.2. The first-order valence-electron chi connectivity index (χ1n) is 10.6. The minimum Gasteiger partial charge on any atom is -0.325 e. The molecule has 154 valence electrons. The van der Waals surface area contributed by atoms with Crippen molar-refractivity contribution < 1.29 is 9.59 Å². The molecule has 2 heterocycles. The summed E-state index contributed by atoms with van der Waals surface area (Å²) in [6.45, 7) is 0. The van der Waals surface area contributed by atoms with Gasteiger partial charge >= 0.3 is 0 Å². The molecule has 2 aliphatic heterocycles. The largest absolute Gasteiger partial charge is 0.325 e. The van der Waals surface area contributed by atoms with Gasteiger partial charge in [-0.05, 0) is 34.4 Å². The highest BCUT2D eigenvalue weighted by Crippen LogP contribution is 2.61. The fourth-order valence-electron chi connectivity index (χ4n) is 5.64. The van der Waals surface area contributed by atoms with Gasteiger partial charge in [-0.25, -0.2) is 0 Å². The number of amides is 2.